The fourth-order valence-corrected chi connectivity index (χ4v) is 2.90. The predicted molar refractivity (Wildman–Crippen MR) is 83.4 cm³/mol. The highest BCUT2D eigenvalue weighted by atomic mass is 32.2. The molecule has 4 nitrogen and oxygen atoms in total. The van der Waals surface area contributed by atoms with Crippen LogP contribution in [0.2, 0.25) is 0 Å². The van der Waals surface area contributed by atoms with Crippen molar-refractivity contribution in [3.8, 4) is 11.8 Å². The number of nitrogens with one attached hydrogen (secondary N) is 1. The van der Waals surface area contributed by atoms with Gasteiger partial charge in [-0.2, -0.15) is 5.26 Å². The third-order valence-corrected chi connectivity index (χ3v) is 4.07. The van der Waals surface area contributed by atoms with Crippen molar-refractivity contribution in [2.75, 3.05) is 7.11 Å². The van der Waals surface area contributed by atoms with Gasteiger partial charge in [0.15, 0.2) is 5.16 Å². The van der Waals surface area contributed by atoms with Crippen molar-refractivity contribution < 1.29 is 4.74 Å². The van der Waals surface area contributed by atoms with Gasteiger partial charge in [0.05, 0.1) is 23.7 Å². The number of hydrogen-bond acceptors (Lipinski definition) is 4. The second-order valence-electron chi connectivity index (χ2n) is 4.49. The number of rotatable bonds is 4. The number of nitriles is 1. The number of thioether (sulfide) groups is 1. The van der Waals surface area contributed by atoms with Crippen LogP contribution >= 0.6 is 11.8 Å². The largest absolute Gasteiger partial charge is 0.495 e. The van der Waals surface area contributed by atoms with Crippen LogP contribution in [0.3, 0.4) is 0 Å². The zero-order valence-corrected chi connectivity index (χ0v) is 12.3. The molecule has 2 aromatic carbocycles. The molecular formula is C16H13N3OS. The van der Waals surface area contributed by atoms with E-state index in [1.807, 2.05) is 36.4 Å². The highest BCUT2D eigenvalue weighted by Gasteiger charge is 2.06. The smallest absolute Gasteiger partial charge is 0.166 e. The summed E-state index contributed by atoms with van der Waals surface area (Å²) in [6, 6.07) is 15.7. The third kappa shape index (κ3) is 2.86. The van der Waals surface area contributed by atoms with Gasteiger partial charge in [-0.05, 0) is 29.8 Å². The number of hydrogen-bond donors (Lipinski definition) is 1. The molecule has 0 spiro atoms. The SMILES string of the molecule is COc1cc(CSc2nc3ccccc3[nH]2)ccc1C#N. The first kappa shape index (κ1) is 13.5. The van der Waals surface area contributed by atoms with Gasteiger partial charge >= 0.3 is 0 Å². The highest BCUT2D eigenvalue weighted by Crippen LogP contribution is 2.26. The predicted octanol–water partition coefficient (Wildman–Crippen LogP) is 3.74. The van der Waals surface area contributed by atoms with Crippen LogP contribution in [-0.4, -0.2) is 17.1 Å². The molecule has 0 aliphatic heterocycles. The second-order valence-corrected chi connectivity index (χ2v) is 5.46. The molecule has 0 unspecified atom stereocenters. The third-order valence-electron chi connectivity index (χ3n) is 3.13. The Kier molecular flexibility index (Phi) is 3.80. The lowest BCUT2D eigenvalue weighted by Crippen LogP contribution is -1.90. The Balaban J connectivity index is 1.77. The van der Waals surface area contributed by atoms with Crippen LogP contribution in [0, 0.1) is 11.3 Å². The number of imidazole rings is 1. The Morgan fingerprint density at radius 2 is 2.14 bits per heavy atom. The van der Waals surface area contributed by atoms with Crippen molar-refractivity contribution in [3.63, 3.8) is 0 Å². The molecule has 0 atom stereocenters. The summed E-state index contributed by atoms with van der Waals surface area (Å²) in [5.74, 6) is 1.38. The average Bonchev–Trinajstić information content (AvgIpc) is 2.95. The normalized spacial score (nSPS) is 10.5. The highest BCUT2D eigenvalue weighted by molar-refractivity contribution is 7.98. The van der Waals surface area contributed by atoms with Crippen molar-refractivity contribution in [1.82, 2.24) is 9.97 Å². The lowest BCUT2D eigenvalue weighted by molar-refractivity contribution is 0.413. The molecule has 0 bridgehead atoms. The molecule has 104 valence electrons. The van der Waals surface area contributed by atoms with E-state index >= 15 is 0 Å². The molecule has 0 fully saturated rings. The Morgan fingerprint density at radius 3 is 2.90 bits per heavy atom. The Morgan fingerprint density at radius 1 is 1.29 bits per heavy atom. The Hall–Kier alpha value is -2.45. The minimum absolute atomic E-state index is 0.551. The molecule has 1 N–H and O–H groups in total. The van der Waals surface area contributed by atoms with Gasteiger partial charge in [-0.25, -0.2) is 4.98 Å². The van der Waals surface area contributed by atoms with E-state index in [0.29, 0.717) is 11.3 Å². The summed E-state index contributed by atoms with van der Waals surface area (Å²) in [6.07, 6.45) is 0. The van der Waals surface area contributed by atoms with E-state index in [9.17, 15) is 0 Å². The number of H-pyrrole nitrogens is 1. The van der Waals surface area contributed by atoms with Gasteiger partial charge in [0.2, 0.25) is 0 Å². The monoisotopic (exact) mass is 295 g/mol. The average molecular weight is 295 g/mol. The topological polar surface area (TPSA) is 61.7 Å². The molecule has 0 aliphatic rings. The lowest BCUT2D eigenvalue weighted by atomic mass is 10.1. The van der Waals surface area contributed by atoms with Crippen LogP contribution in [0.15, 0.2) is 47.6 Å². The van der Waals surface area contributed by atoms with Gasteiger partial charge in [0.25, 0.3) is 0 Å². The van der Waals surface area contributed by atoms with Crippen molar-refractivity contribution in [1.29, 1.82) is 5.26 Å². The maximum absolute atomic E-state index is 8.98. The van der Waals surface area contributed by atoms with Gasteiger partial charge in [-0.3, -0.25) is 0 Å². The number of aromatic nitrogens is 2. The van der Waals surface area contributed by atoms with Gasteiger partial charge in [-0.15, -0.1) is 0 Å². The zero-order chi connectivity index (χ0) is 14.7. The Bertz CT molecular complexity index is 787. The second kappa shape index (κ2) is 5.90. The van der Waals surface area contributed by atoms with Crippen molar-refractivity contribution >= 4 is 22.8 Å². The summed E-state index contributed by atoms with van der Waals surface area (Å²) in [5.41, 5.74) is 3.65. The molecule has 0 radical (unpaired) electrons. The van der Waals surface area contributed by atoms with Crippen LogP contribution < -0.4 is 4.74 Å². The molecular weight excluding hydrogens is 282 g/mol. The fraction of sp³-hybridized carbons (Fsp3) is 0.125. The van der Waals surface area contributed by atoms with Crippen LogP contribution in [-0.2, 0) is 5.75 Å². The minimum atomic E-state index is 0.551. The maximum Gasteiger partial charge on any atom is 0.166 e. The van der Waals surface area contributed by atoms with Gasteiger partial charge in [-0.1, -0.05) is 30.0 Å². The fourth-order valence-electron chi connectivity index (χ4n) is 2.07. The van der Waals surface area contributed by atoms with Gasteiger partial charge in [0.1, 0.15) is 11.8 Å². The number of nitrogens with zero attached hydrogens (tertiary/aromatic N) is 2. The summed E-state index contributed by atoms with van der Waals surface area (Å²) in [6.45, 7) is 0. The summed E-state index contributed by atoms with van der Waals surface area (Å²) in [5, 5.41) is 9.87. The molecule has 0 aliphatic carbocycles. The molecule has 0 saturated carbocycles. The summed E-state index contributed by atoms with van der Waals surface area (Å²) >= 11 is 1.63. The molecule has 3 rings (SSSR count). The minimum Gasteiger partial charge on any atom is -0.495 e. The number of ether oxygens (including phenoxy) is 1. The van der Waals surface area contributed by atoms with Gasteiger partial charge in [0, 0.05) is 5.75 Å². The van der Waals surface area contributed by atoms with E-state index in [2.05, 4.69) is 16.0 Å². The molecule has 0 saturated heterocycles. The zero-order valence-electron chi connectivity index (χ0n) is 11.5. The van der Waals surface area contributed by atoms with Gasteiger partial charge < -0.3 is 9.72 Å². The lowest BCUT2D eigenvalue weighted by Gasteiger charge is -2.05. The van der Waals surface area contributed by atoms with Crippen molar-refractivity contribution in [3.05, 3.63) is 53.6 Å². The number of para-hydroxylation sites is 2. The van der Waals surface area contributed by atoms with E-state index in [0.717, 1.165) is 27.5 Å². The number of benzene rings is 2. The van der Waals surface area contributed by atoms with Crippen LogP contribution in [0.4, 0.5) is 0 Å². The number of fused-ring (bicyclic) bond motifs is 1. The van der Waals surface area contributed by atoms with E-state index in [1.54, 1.807) is 24.9 Å². The molecule has 5 heteroatoms. The first-order valence-electron chi connectivity index (χ1n) is 6.44. The first-order valence-corrected chi connectivity index (χ1v) is 7.43. The summed E-state index contributed by atoms with van der Waals surface area (Å²) < 4.78 is 5.22. The summed E-state index contributed by atoms with van der Waals surface area (Å²) in [4.78, 5) is 7.81. The first-order chi connectivity index (χ1) is 10.3. The van der Waals surface area contributed by atoms with E-state index < -0.39 is 0 Å². The standard InChI is InChI=1S/C16H13N3OS/c1-20-15-8-11(6-7-12(15)9-17)10-21-16-18-13-4-2-3-5-14(13)19-16/h2-8H,10H2,1H3,(H,18,19). The van der Waals surface area contributed by atoms with Crippen LogP contribution in [0.5, 0.6) is 5.75 Å². The van der Waals surface area contributed by atoms with E-state index in [4.69, 9.17) is 10.00 Å². The van der Waals surface area contributed by atoms with Crippen molar-refractivity contribution in [2.24, 2.45) is 0 Å². The molecule has 1 aromatic heterocycles. The summed E-state index contributed by atoms with van der Waals surface area (Å²) in [7, 11) is 1.58. The molecule has 0 amide bonds. The molecule has 3 aromatic rings. The van der Waals surface area contributed by atoms with Crippen LogP contribution in [0.1, 0.15) is 11.1 Å². The number of aromatic amines is 1. The quantitative estimate of drug-likeness (QED) is 0.745. The molecule has 21 heavy (non-hydrogen) atoms. The molecule has 1 heterocycles. The maximum atomic E-state index is 8.98. The van der Waals surface area contributed by atoms with E-state index in [-0.39, 0.29) is 0 Å². The van der Waals surface area contributed by atoms with Crippen molar-refractivity contribution in [2.45, 2.75) is 10.9 Å². The van der Waals surface area contributed by atoms with E-state index in [1.165, 1.54) is 0 Å². The van der Waals surface area contributed by atoms with Crippen LogP contribution in [0.25, 0.3) is 11.0 Å². The Labute approximate surface area is 126 Å². The number of methoxy groups -OCH3 is 1.